The SMILES string of the molecule is CN(CCc1ccccc1)C(=O)Cn1ccc2cc(OCc3ccccc3)ccc21. The number of amides is 1. The molecule has 1 heterocycles. The molecule has 0 aliphatic heterocycles. The summed E-state index contributed by atoms with van der Waals surface area (Å²) in [6.45, 7) is 1.58. The monoisotopic (exact) mass is 398 g/mol. The first-order valence-electron chi connectivity index (χ1n) is 10.2. The number of nitrogens with zero attached hydrogens (tertiary/aromatic N) is 2. The molecule has 0 bridgehead atoms. The van der Waals surface area contributed by atoms with Gasteiger partial charge in [-0.25, -0.2) is 0 Å². The Labute approximate surface area is 177 Å². The lowest BCUT2D eigenvalue weighted by atomic mass is 10.1. The number of aromatic nitrogens is 1. The Kier molecular flexibility index (Phi) is 6.14. The van der Waals surface area contributed by atoms with Crippen LogP contribution in [0.5, 0.6) is 5.75 Å². The van der Waals surface area contributed by atoms with Crippen molar-refractivity contribution < 1.29 is 9.53 Å². The van der Waals surface area contributed by atoms with Gasteiger partial charge in [0.2, 0.25) is 5.91 Å². The van der Waals surface area contributed by atoms with Crippen LogP contribution in [0.3, 0.4) is 0 Å². The molecule has 30 heavy (non-hydrogen) atoms. The molecule has 0 spiro atoms. The van der Waals surface area contributed by atoms with E-state index in [1.807, 2.05) is 78.5 Å². The van der Waals surface area contributed by atoms with Crippen molar-refractivity contribution >= 4 is 16.8 Å². The van der Waals surface area contributed by atoms with Crippen molar-refractivity contribution in [3.05, 3.63) is 102 Å². The molecule has 0 N–H and O–H groups in total. The fourth-order valence-electron chi connectivity index (χ4n) is 3.48. The van der Waals surface area contributed by atoms with E-state index in [1.165, 1.54) is 5.56 Å². The third-order valence-electron chi connectivity index (χ3n) is 5.30. The van der Waals surface area contributed by atoms with Gasteiger partial charge in [0.25, 0.3) is 0 Å². The minimum atomic E-state index is 0.104. The van der Waals surface area contributed by atoms with Gasteiger partial charge in [0.05, 0.1) is 0 Å². The topological polar surface area (TPSA) is 34.5 Å². The van der Waals surface area contributed by atoms with E-state index in [9.17, 15) is 4.79 Å². The largest absolute Gasteiger partial charge is 0.489 e. The predicted octanol–water partition coefficient (Wildman–Crippen LogP) is 4.92. The van der Waals surface area contributed by atoms with Crippen molar-refractivity contribution in [2.45, 2.75) is 19.6 Å². The maximum atomic E-state index is 12.7. The van der Waals surface area contributed by atoms with Crippen LogP contribution in [0.15, 0.2) is 91.1 Å². The molecule has 0 radical (unpaired) electrons. The second-order valence-electron chi connectivity index (χ2n) is 7.49. The number of hydrogen-bond acceptors (Lipinski definition) is 2. The summed E-state index contributed by atoms with van der Waals surface area (Å²) in [6.07, 6.45) is 2.83. The van der Waals surface area contributed by atoms with E-state index in [4.69, 9.17) is 4.74 Å². The Balaban J connectivity index is 1.36. The zero-order valence-electron chi connectivity index (χ0n) is 17.2. The molecule has 0 saturated heterocycles. The normalized spacial score (nSPS) is 10.8. The van der Waals surface area contributed by atoms with Gasteiger partial charge in [-0.3, -0.25) is 4.79 Å². The van der Waals surface area contributed by atoms with Crippen molar-refractivity contribution in [2.75, 3.05) is 13.6 Å². The van der Waals surface area contributed by atoms with E-state index < -0.39 is 0 Å². The lowest BCUT2D eigenvalue weighted by molar-refractivity contribution is -0.130. The first-order chi connectivity index (χ1) is 14.7. The number of likely N-dealkylation sites (N-methyl/N-ethyl adjacent to an activating group) is 1. The summed E-state index contributed by atoms with van der Waals surface area (Å²) in [5, 5.41) is 1.07. The third kappa shape index (κ3) is 4.90. The van der Waals surface area contributed by atoms with E-state index in [0.717, 1.165) is 28.6 Å². The van der Waals surface area contributed by atoms with Gasteiger partial charge < -0.3 is 14.2 Å². The van der Waals surface area contributed by atoms with Crippen LogP contribution >= 0.6 is 0 Å². The Morgan fingerprint density at radius 2 is 1.60 bits per heavy atom. The average molecular weight is 399 g/mol. The summed E-state index contributed by atoms with van der Waals surface area (Å²) in [6, 6.07) is 28.4. The van der Waals surface area contributed by atoms with Crippen molar-refractivity contribution in [2.24, 2.45) is 0 Å². The van der Waals surface area contributed by atoms with Crippen molar-refractivity contribution in [3.63, 3.8) is 0 Å². The summed E-state index contributed by atoms with van der Waals surface area (Å²) < 4.78 is 7.92. The maximum Gasteiger partial charge on any atom is 0.242 e. The molecule has 1 aromatic heterocycles. The van der Waals surface area contributed by atoms with Gasteiger partial charge in [0, 0.05) is 30.7 Å². The molecular formula is C26H26N2O2. The van der Waals surface area contributed by atoms with Gasteiger partial charge in [-0.15, -0.1) is 0 Å². The molecule has 0 atom stereocenters. The standard InChI is InChI=1S/C26H26N2O2/c1-27(16-14-21-8-4-2-5-9-21)26(29)19-28-17-15-23-18-24(12-13-25(23)28)30-20-22-10-6-3-7-11-22/h2-13,15,17-18H,14,16,19-20H2,1H3. The van der Waals surface area contributed by atoms with Crippen LogP contribution in [0.25, 0.3) is 10.9 Å². The van der Waals surface area contributed by atoms with E-state index in [0.29, 0.717) is 19.7 Å². The minimum Gasteiger partial charge on any atom is -0.489 e. The van der Waals surface area contributed by atoms with E-state index in [-0.39, 0.29) is 5.91 Å². The predicted molar refractivity (Wildman–Crippen MR) is 120 cm³/mol. The number of hydrogen-bond donors (Lipinski definition) is 0. The van der Waals surface area contributed by atoms with Gasteiger partial charge in [-0.2, -0.15) is 0 Å². The molecule has 4 aromatic rings. The maximum absolute atomic E-state index is 12.7. The van der Waals surface area contributed by atoms with Crippen LogP contribution < -0.4 is 4.74 Å². The molecule has 1 amide bonds. The van der Waals surface area contributed by atoms with Crippen LogP contribution in [-0.4, -0.2) is 29.0 Å². The number of carbonyl (C=O) groups excluding carboxylic acids is 1. The van der Waals surface area contributed by atoms with Crippen molar-refractivity contribution in [3.8, 4) is 5.75 Å². The highest BCUT2D eigenvalue weighted by atomic mass is 16.5. The van der Waals surface area contributed by atoms with Crippen molar-refractivity contribution in [1.29, 1.82) is 0 Å². The quantitative estimate of drug-likeness (QED) is 0.422. The second kappa shape index (κ2) is 9.31. The molecule has 4 nitrogen and oxygen atoms in total. The molecule has 0 fully saturated rings. The van der Waals surface area contributed by atoms with E-state index in [2.05, 4.69) is 24.3 Å². The first kappa shape index (κ1) is 19.8. The van der Waals surface area contributed by atoms with E-state index >= 15 is 0 Å². The van der Waals surface area contributed by atoms with Gasteiger partial charge in [-0.05, 0) is 41.8 Å². The van der Waals surface area contributed by atoms with Crippen molar-refractivity contribution in [1.82, 2.24) is 9.47 Å². The highest BCUT2D eigenvalue weighted by Crippen LogP contribution is 2.23. The molecule has 0 unspecified atom stereocenters. The van der Waals surface area contributed by atoms with Gasteiger partial charge in [0.1, 0.15) is 18.9 Å². The molecule has 0 aliphatic rings. The Hall–Kier alpha value is -3.53. The van der Waals surface area contributed by atoms with Crippen LogP contribution in [0.1, 0.15) is 11.1 Å². The van der Waals surface area contributed by atoms with Gasteiger partial charge in [-0.1, -0.05) is 60.7 Å². The van der Waals surface area contributed by atoms with Gasteiger partial charge >= 0.3 is 0 Å². The fourth-order valence-corrected chi connectivity index (χ4v) is 3.48. The number of benzene rings is 3. The molecular weight excluding hydrogens is 372 g/mol. The molecule has 3 aromatic carbocycles. The summed E-state index contributed by atoms with van der Waals surface area (Å²) in [4.78, 5) is 14.5. The zero-order chi connectivity index (χ0) is 20.8. The summed E-state index contributed by atoms with van der Waals surface area (Å²) in [7, 11) is 1.87. The number of fused-ring (bicyclic) bond motifs is 1. The van der Waals surface area contributed by atoms with Crippen LogP contribution in [0.4, 0.5) is 0 Å². The Morgan fingerprint density at radius 1 is 0.900 bits per heavy atom. The molecule has 0 aliphatic carbocycles. The lowest BCUT2D eigenvalue weighted by Gasteiger charge is -2.18. The Morgan fingerprint density at radius 3 is 2.33 bits per heavy atom. The first-order valence-corrected chi connectivity index (χ1v) is 10.2. The summed E-state index contributed by atoms with van der Waals surface area (Å²) in [5.41, 5.74) is 3.41. The number of ether oxygens (including phenoxy) is 1. The second-order valence-corrected chi connectivity index (χ2v) is 7.49. The number of rotatable bonds is 8. The highest BCUT2D eigenvalue weighted by molar-refractivity contribution is 5.84. The molecule has 0 saturated carbocycles. The molecule has 4 heteroatoms. The molecule has 152 valence electrons. The summed E-state index contributed by atoms with van der Waals surface area (Å²) in [5.74, 6) is 0.934. The Bertz CT molecular complexity index is 1100. The van der Waals surface area contributed by atoms with Gasteiger partial charge in [0.15, 0.2) is 0 Å². The third-order valence-corrected chi connectivity index (χ3v) is 5.30. The number of carbonyl (C=O) groups is 1. The minimum absolute atomic E-state index is 0.104. The molecule has 4 rings (SSSR count). The van der Waals surface area contributed by atoms with Crippen LogP contribution in [-0.2, 0) is 24.4 Å². The smallest absolute Gasteiger partial charge is 0.242 e. The highest BCUT2D eigenvalue weighted by Gasteiger charge is 2.12. The summed E-state index contributed by atoms with van der Waals surface area (Å²) >= 11 is 0. The average Bonchev–Trinajstić information content (AvgIpc) is 3.19. The fraction of sp³-hybridized carbons (Fsp3) is 0.192. The lowest BCUT2D eigenvalue weighted by Crippen LogP contribution is -2.31. The van der Waals surface area contributed by atoms with Crippen LogP contribution in [0.2, 0.25) is 0 Å². The van der Waals surface area contributed by atoms with Crippen LogP contribution in [0, 0.1) is 0 Å². The van der Waals surface area contributed by atoms with E-state index in [1.54, 1.807) is 4.90 Å². The zero-order valence-corrected chi connectivity index (χ0v) is 17.2.